The molecule has 0 aromatic heterocycles. The van der Waals surface area contributed by atoms with Gasteiger partial charge >= 0.3 is 0 Å². The van der Waals surface area contributed by atoms with Crippen LogP contribution in [0.1, 0.15) is 341 Å². The molecule has 1 aliphatic rings. The van der Waals surface area contributed by atoms with E-state index in [1.807, 2.05) is 0 Å². The minimum absolute atomic E-state index is 0.153. The number of rotatable bonds is 68. The van der Waals surface area contributed by atoms with Crippen LogP contribution < -0.4 is 5.32 Å². The third-order valence-corrected chi connectivity index (χ3v) is 18.0. The largest absolute Gasteiger partial charge is 0.394 e. The van der Waals surface area contributed by atoms with Crippen molar-refractivity contribution in [2.24, 2.45) is 0 Å². The number of ether oxygens (including phenoxy) is 2. The van der Waals surface area contributed by atoms with Crippen molar-refractivity contribution in [3.8, 4) is 0 Å². The number of allylic oxidation sites excluding steroid dienone is 22. The van der Waals surface area contributed by atoms with Crippen LogP contribution in [0.5, 0.6) is 0 Å². The van der Waals surface area contributed by atoms with Crippen molar-refractivity contribution in [3.63, 3.8) is 0 Å². The SMILES string of the molecule is CC/C=C\C/C=C\C/C=C\C/C=C\C/C=C\C/C=C\C/C=C\C/C=C\C/C=C\C/C=C\C/C=C\CCCCCCCC(=O)NC(COC1OC(CO)C(O)C(O)C1O)C(O)CCCCCCCCCCCCCCCCCCCCCCCCCCCCCCCCCC. The normalized spacial score (nSPS) is 18.3. The molecule has 1 heterocycles. The van der Waals surface area contributed by atoms with Gasteiger partial charge in [0, 0.05) is 6.42 Å². The fraction of sp³-hybridized carbons (Fsp3) is 0.729. The van der Waals surface area contributed by atoms with E-state index in [4.69, 9.17) is 9.47 Å². The van der Waals surface area contributed by atoms with Gasteiger partial charge < -0.3 is 40.3 Å². The maximum Gasteiger partial charge on any atom is 0.220 e. The van der Waals surface area contributed by atoms with Gasteiger partial charge in [0.2, 0.25) is 5.91 Å². The summed E-state index contributed by atoms with van der Waals surface area (Å²) in [6.45, 7) is 3.75. The van der Waals surface area contributed by atoms with E-state index in [9.17, 15) is 30.3 Å². The Labute approximate surface area is 579 Å². The molecule has 7 atom stereocenters. The Kier molecular flexibility index (Phi) is 67.7. The summed E-state index contributed by atoms with van der Waals surface area (Å²) in [5.41, 5.74) is 0. The van der Waals surface area contributed by atoms with Crippen LogP contribution in [0.2, 0.25) is 0 Å². The van der Waals surface area contributed by atoms with Crippen molar-refractivity contribution in [2.45, 2.75) is 384 Å². The maximum absolute atomic E-state index is 13.2. The van der Waals surface area contributed by atoms with Crippen LogP contribution in [0, 0.1) is 0 Å². The molecule has 0 aromatic rings. The molecule has 1 aliphatic heterocycles. The Balaban J connectivity index is 2.13. The molecule has 0 bridgehead atoms. The fourth-order valence-electron chi connectivity index (χ4n) is 11.9. The van der Waals surface area contributed by atoms with Crippen molar-refractivity contribution in [1.29, 1.82) is 0 Å². The molecule has 1 saturated heterocycles. The third kappa shape index (κ3) is 59.6. The zero-order valence-corrected chi connectivity index (χ0v) is 60.7. The monoisotopic (exact) mass is 1310 g/mol. The van der Waals surface area contributed by atoms with E-state index < -0.39 is 49.5 Å². The highest BCUT2D eigenvalue weighted by Gasteiger charge is 2.44. The lowest BCUT2D eigenvalue weighted by Gasteiger charge is -2.40. The van der Waals surface area contributed by atoms with Crippen molar-refractivity contribution in [2.75, 3.05) is 13.2 Å². The second-order valence-corrected chi connectivity index (χ2v) is 26.8. The Morgan fingerprint density at radius 2 is 0.660 bits per heavy atom. The van der Waals surface area contributed by atoms with E-state index >= 15 is 0 Å². The van der Waals surface area contributed by atoms with E-state index in [2.05, 4.69) is 153 Å². The van der Waals surface area contributed by atoms with Crippen LogP contribution in [0.15, 0.2) is 134 Å². The lowest BCUT2D eigenvalue weighted by molar-refractivity contribution is -0.302. The molecule has 0 spiro atoms. The summed E-state index contributed by atoms with van der Waals surface area (Å²) in [6, 6.07) is -0.742. The van der Waals surface area contributed by atoms with Gasteiger partial charge in [0.1, 0.15) is 24.4 Å². The molecule has 94 heavy (non-hydrogen) atoms. The van der Waals surface area contributed by atoms with Crippen molar-refractivity contribution < 1.29 is 39.8 Å². The van der Waals surface area contributed by atoms with Gasteiger partial charge in [-0.3, -0.25) is 4.79 Å². The van der Waals surface area contributed by atoms with E-state index in [1.54, 1.807) is 0 Å². The number of hydrogen-bond donors (Lipinski definition) is 6. The number of nitrogens with one attached hydrogen (secondary N) is 1. The molecule has 6 N–H and O–H groups in total. The van der Waals surface area contributed by atoms with Crippen LogP contribution in [0.4, 0.5) is 0 Å². The summed E-state index contributed by atoms with van der Waals surface area (Å²) in [5, 5.41) is 55.1. The number of hydrogen-bond acceptors (Lipinski definition) is 8. The summed E-state index contributed by atoms with van der Waals surface area (Å²) in [5.74, 6) is -0.164. The zero-order chi connectivity index (χ0) is 67.8. The first-order valence-corrected chi connectivity index (χ1v) is 39.4. The fourth-order valence-corrected chi connectivity index (χ4v) is 11.9. The molecule has 540 valence electrons. The molecular weight excluding hydrogens is 1160 g/mol. The van der Waals surface area contributed by atoms with Gasteiger partial charge in [-0.15, -0.1) is 0 Å². The number of aliphatic hydroxyl groups excluding tert-OH is 5. The average Bonchev–Trinajstić information content (AvgIpc) is 0.829. The molecule has 0 aliphatic carbocycles. The summed E-state index contributed by atoms with van der Waals surface area (Å²) >= 11 is 0. The Hall–Kier alpha value is -3.67. The summed E-state index contributed by atoms with van der Waals surface area (Å²) in [4.78, 5) is 13.2. The molecule has 1 rings (SSSR count). The number of amides is 1. The number of carbonyl (C=O) groups is 1. The summed E-state index contributed by atoms with van der Waals surface area (Å²) in [7, 11) is 0. The smallest absolute Gasteiger partial charge is 0.220 e. The molecule has 9 nitrogen and oxygen atoms in total. The molecule has 0 aromatic carbocycles. The second kappa shape index (κ2) is 72.1. The van der Waals surface area contributed by atoms with Crippen molar-refractivity contribution in [1.82, 2.24) is 5.32 Å². The number of aliphatic hydroxyl groups is 5. The van der Waals surface area contributed by atoms with E-state index in [1.165, 1.54) is 186 Å². The third-order valence-electron chi connectivity index (χ3n) is 18.0. The Bertz CT molecular complexity index is 1960. The molecule has 0 radical (unpaired) electrons. The lowest BCUT2D eigenvalue weighted by atomic mass is 9.99. The first-order valence-electron chi connectivity index (χ1n) is 39.4. The predicted octanol–water partition coefficient (Wildman–Crippen LogP) is 22.7. The quantitative estimate of drug-likeness (QED) is 0.0261. The van der Waals surface area contributed by atoms with Crippen molar-refractivity contribution in [3.05, 3.63) is 134 Å². The molecule has 0 saturated carbocycles. The zero-order valence-electron chi connectivity index (χ0n) is 60.7. The highest BCUT2D eigenvalue weighted by atomic mass is 16.7. The Morgan fingerprint density at radius 1 is 0.372 bits per heavy atom. The molecule has 1 amide bonds. The van der Waals surface area contributed by atoms with Gasteiger partial charge in [0.05, 0.1) is 25.4 Å². The molecule has 9 heteroatoms. The number of carbonyl (C=O) groups excluding carboxylic acids is 1. The highest BCUT2D eigenvalue weighted by Crippen LogP contribution is 2.24. The molecule has 1 fully saturated rings. The van der Waals surface area contributed by atoms with Crippen LogP contribution in [-0.4, -0.2) is 87.5 Å². The van der Waals surface area contributed by atoms with E-state index in [0.717, 1.165) is 128 Å². The van der Waals surface area contributed by atoms with Gasteiger partial charge in [0.25, 0.3) is 0 Å². The predicted molar refractivity (Wildman–Crippen MR) is 405 cm³/mol. The average molecular weight is 1310 g/mol. The topological polar surface area (TPSA) is 149 Å². The standard InChI is InChI=1S/C85H147NO8/c1-3-5-7-9-11-13-15-17-19-21-23-25-27-29-31-33-35-37-38-39-40-41-42-43-45-47-49-51-53-55-57-59-61-63-65-67-69-71-73-75-81(89)86-78(77-93-85-84(92)83(91)82(90)80(76-87)94-85)79(88)74-72-70-68-66-64-62-60-58-56-54-52-50-48-46-44-36-34-32-30-28-26-24-22-20-18-16-14-12-10-8-6-4-2/h5,7,11,13,17,19,23,25,29,31,35,37,39-40,42-43,47,49,53,55,59,61,78-80,82-85,87-88,90-92H,3-4,6,8-10,12,14-16,18,20-22,24,26-28,30,32-34,36,38,41,44-46,48,50-52,54,56-58,60,62-77H2,1-2H3,(H,86,89)/b7-5-,13-11-,19-17-,25-23-,31-29-,37-35-,40-39-,43-42-,49-47-,55-53-,61-59-. The highest BCUT2D eigenvalue weighted by molar-refractivity contribution is 5.76. The van der Waals surface area contributed by atoms with Crippen LogP contribution in [-0.2, 0) is 14.3 Å². The van der Waals surface area contributed by atoms with Gasteiger partial charge in [0.15, 0.2) is 6.29 Å². The van der Waals surface area contributed by atoms with Gasteiger partial charge in [-0.1, -0.05) is 372 Å². The maximum atomic E-state index is 13.2. The summed E-state index contributed by atoms with van der Waals surface area (Å²) < 4.78 is 11.4. The first kappa shape index (κ1) is 88.3. The van der Waals surface area contributed by atoms with Gasteiger partial charge in [-0.2, -0.15) is 0 Å². The van der Waals surface area contributed by atoms with Crippen LogP contribution >= 0.6 is 0 Å². The molecular formula is C85H147NO8. The van der Waals surface area contributed by atoms with Crippen LogP contribution in [0.25, 0.3) is 0 Å². The minimum atomic E-state index is -1.57. The van der Waals surface area contributed by atoms with Gasteiger partial charge in [-0.25, -0.2) is 0 Å². The summed E-state index contributed by atoms with van der Waals surface area (Å²) in [6.07, 6.45) is 103. The first-order chi connectivity index (χ1) is 46.3. The number of unbranched alkanes of at least 4 members (excludes halogenated alkanes) is 36. The van der Waals surface area contributed by atoms with Gasteiger partial charge in [-0.05, 0) is 96.3 Å². The Morgan fingerprint density at radius 3 is 0.979 bits per heavy atom. The minimum Gasteiger partial charge on any atom is -0.394 e. The second-order valence-electron chi connectivity index (χ2n) is 26.8. The molecule has 7 unspecified atom stereocenters. The van der Waals surface area contributed by atoms with Crippen molar-refractivity contribution >= 4 is 5.91 Å². The van der Waals surface area contributed by atoms with Crippen LogP contribution in [0.3, 0.4) is 0 Å². The lowest BCUT2D eigenvalue weighted by Crippen LogP contribution is -2.60. The van der Waals surface area contributed by atoms with E-state index in [0.29, 0.717) is 12.8 Å². The van der Waals surface area contributed by atoms with E-state index in [-0.39, 0.29) is 12.5 Å².